The van der Waals surface area contributed by atoms with Gasteiger partial charge in [0.2, 0.25) is 0 Å². The molecular formula is C24H30ClN5O4. The summed E-state index contributed by atoms with van der Waals surface area (Å²) in [4.78, 5) is 21.2. The number of aryl methyl sites for hydroxylation is 1. The highest BCUT2D eigenvalue weighted by Gasteiger charge is 2.28. The minimum atomic E-state index is -0.521. The molecule has 34 heavy (non-hydrogen) atoms. The molecule has 0 atom stereocenters. The van der Waals surface area contributed by atoms with Crippen LogP contribution in [-0.4, -0.2) is 71.6 Å². The van der Waals surface area contributed by atoms with E-state index in [2.05, 4.69) is 10.00 Å². The first-order valence-corrected chi connectivity index (χ1v) is 11.5. The Morgan fingerprint density at radius 3 is 2.32 bits per heavy atom. The first kappa shape index (κ1) is 23.9. The standard InChI is InChI=1S/C24H30ClN5O4/c1-15-21(16-7-8-18(32-5)19(13-16)33-6)30-22(26-15)17(14-20(25)27-30)28-9-11-29(12-10-28)23(31)34-24(2,3)4/h7-8,13-14H,9-12H2,1-6H3. The molecule has 0 aliphatic carbocycles. The lowest BCUT2D eigenvalue weighted by Gasteiger charge is -2.36. The molecule has 1 aromatic carbocycles. The van der Waals surface area contributed by atoms with E-state index in [1.54, 1.807) is 23.6 Å². The molecule has 1 amide bonds. The molecule has 1 aliphatic rings. The van der Waals surface area contributed by atoms with Crippen LogP contribution in [-0.2, 0) is 4.74 Å². The average Bonchev–Trinajstić information content (AvgIpc) is 3.12. The first-order valence-electron chi connectivity index (χ1n) is 11.1. The maximum Gasteiger partial charge on any atom is 0.410 e. The number of ether oxygens (including phenoxy) is 3. The Kier molecular flexibility index (Phi) is 6.49. The number of fused-ring (bicyclic) bond motifs is 1. The predicted octanol–water partition coefficient (Wildman–Crippen LogP) is 4.43. The van der Waals surface area contributed by atoms with Gasteiger partial charge in [0.15, 0.2) is 22.3 Å². The van der Waals surface area contributed by atoms with Crippen LogP contribution in [0.15, 0.2) is 24.3 Å². The maximum atomic E-state index is 12.4. The fourth-order valence-electron chi connectivity index (χ4n) is 4.09. The summed E-state index contributed by atoms with van der Waals surface area (Å²) >= 11 is 6.45. The molecule has 2 aromatic heterocycles. The Balaban J connectivity index is 1.66. The topological polar surface area (TPSA) is 81.4 Å². The third-order valence-corrected chi connectivity index (χ3v) is 5.82. The lowest BCUT2D eigenvalue weighted by Crippen LogP contribution is -2.50. The number of rotatable bonds is 4. The van der Waals surface area contributed by atoms with Gasteiger partial charge in [-0.15, -0.1) is 0 Å². The minimum Gasteiger partial charge on any atom is -0.493 e. The molecule has 0 radical (unpaired) electrons. The van der Waals surface area contributed by atoms with Crippen molar-refractivity contribution in [2.75, 3.05) is 45.3 Å². The average molecular weight is 488 g/mol. The number of piperazine rings is 1. The molecule has 0 saturated carbocycles. The number of carbonyl (C=O) groups is 1. The highest BCUT2D eigenvalue weighted by Crippen LogP contribution is 2.36. The van der Waals surface area contributed by atoms with Gasteiger partial charge in [0.25, 0.3) is 0 Å². The quantitative estimate of drug-likeness (QED) is 0.538. The number of benzene rings is 1. The second-order valence-corrected chi connectivity index (χ2v) is 9.54. The largest absolute Gasteiger partial charge is 0.493 e. The molecule has 9 nitrogen and oxygen atoms in total. The molecule has 0 bridgehead atoms. The van der Waals surface area contributed by atoms with E-state index in [-0.39, 0.29) is 6.09 Å². The molecule has 1 saturated heterocycles. The van der Waals surface area contributed by atoms with E-state index in [9.17, 15) is 4.79 Å². The van der Waals surface area contributed by atoms with Crippen molar-refractivity contribution in [3.63, 3.8) is 0 Å². The number of imidazole rings is 1. The second kappa shape index (κ2) is 9.21. The van der Waals surface area contributed by atoms with Crippen LogP contribution in [0.2, 0.25) is 5.15 Å². The number of nitrogens with zero attached hydrogens (tertiary/aromatic N) is 5. The minimum absolute atomic E-state index is 0.294. The molecule has 0 N–H and O–H groups in total. The Labute approximate surface area is 204 Å². The van der Waals surface area contributed by atoms with Gasteiger partial charge in [-0.05, 0) is 45.9 Å². The van der Waals surface area contributed by atoms with Gasteiger partial charge in [-0.2, -0.15) is 5.10 Å². The van der Waals surface area contributed by atoms with E-state index in [4.69, 9.17) is 30.8 Å². The summed E-state index contributed by atoms with van der Waals surface area (Å²) in [6.45, 7) is 9.90. The third kappa shape index (κ3) is 4.70. The predicted molar refractivity (Wildman–Crippen MR) is 131 cm³/mol. The van der Waals surface area contributed by atoms with E-state index in [1.165, 1.54) is 0 Å². The number of halogens is 1. The summed E-state index contributed by atoms with van der Waals surface area (Å²) in [5.41, 5.74) is 3.59. The molecule has 182 valence electrons. The summed E-state index contributed by atoms with van der Waals surface area (Å²) in [6.07, 6.45) is -0.294. The highest BCUT2D eigenvalue weighted by atomic mass is 35.5. The van der Waals surface area contributed by atoms with Crippen LogP contribution in [0.25, 0.3) is 16.9 Å². The summed E-state index contributed by atoms with van der Waals surface area (Å²) in [7, 11) is 3.21. The van der Waals surface area contributed by atoms with Crippen LogP contribution >= 0.6 is 11.6 Å². The zero-order valence-electron chi connectivity index (χ0n) is 20.4. The molecule has 0 spiro atoms. The zero-order valence-corrected chi connectivity index (χ0v) is 21.1. The van der Waals surface area contributed by atoms with Crippen LogP contribution in [0.1, 0.15) is 26.5 Å². The molecule has 1 fully saturated rings. The van der Waals surface area contributed by atoms with Crippen LogP contribution in [0.4, 0.5) is 10.5 Å². The molecule has 1 aliphatic heterocycles. The summed E-state index contributed by atoms with van der Waals surface area (Å²) in [5, 5.41) is 4.90. The molecule has 0 unspecified atom stereocenters. The van der Waals surface area contributed by atoms with Gasteiger partial charge >= 0.3 is 6.09 Å². The highest BCUT2D eigenvalue weighted by molar-refractivity contribution is 6.29. The lowest BCUT2D eigenvalue weighted by molar-refractivity contribution is 0.0240. The molecule has 3 aromatic rings. The van der Waals surface area contributed by atoms with Crippen molar-refractivity contribution in [1.29, 1.82) is 0 Å². The van der Waals surface area contributed by atoms with Gasteiger partial charge in [-0.1, -0.05) is 11.6 Å². The number of hydrogen-bond acceptors (Lipinski definition) is 7. The van der Waals surface area contributed by atoms with Gasteiger partial charge in [-0.25, -0.2) is 14.3 Å². The van der Waals surface area contributed by atoms with E-state index < -0.39 is 5.60 Å². The number of carbonyl (C=O) groups excluding carboxylic acids is 1. The summed E-state index contributed by atoms with van der Waals surface area (Å²) in [5.74, 6) is 1.27. The van der Waals surface area contributed by atoms with Gasteiger partial charge < -0.3 is 24.0 Å². The SMILES string of the molecule is COc1ccc(-c2c(C)nc3c(N4CCN(C(=O)OC(C)(C)C)CC4)cc(Cl)nn23)cc1OC. The van der Waals surface area contributed by atoms with Crippen LogP contribution in [0.3, 0.4) is 0 Å². The van der Waals surface area contributed by atoms with E-state index >= 15 is 0 Å². The van der Waals surface area contributed by atoms with Gasteiger partial charge in [0.1, 0.15) is 5.60 Å². The normalized spacial score (nSPS) is 14.4. The fraction of sp³-hybridized carbons (Fsp3) is 0.458. The van der Waals surface area contributed by atoms with Crippen LogP contribution in [0, 0.1) is 6.92 Å². The smallest absolute Gasteiger partial charge is 0.410 e. The van der Waals surface area contributed by atoms with Gasteiger partial charge in [0, 0.05) is 37.8 Å². The maximum absolute atomic E-state index is 12.4. The number of anilines is 1. The van der Waals surface area contributed by atoms with E-state index in [0.29, 0.717) is 48.5 Å². The van der Waals surface area contributed by atoms with E-state index in [1.807, 2.05) is 52.0 Å². The van der Waals surface area contributed by atoms with Crippen LogP contribution in [0.5, 0.6) is 11.5 Å². The van der Waals surface area contributed by atoms with Crippen molar-refractivity contribution >= 4 is 29.0 Å². The number of methoxy groups -OCH3 is 2. The Morgan fingerprint density at radius 1 is 1.03 bits per heavy atom. The Hall–Kier alpha value is -3.20. The summed E-state index contributed by atoms with van der Waals surface area (Å²) < 4.78 is 18.1. The number of hydrogen-bond donors (Lipinski definition) is 0. The summed E-state index contributed by atoms with van der Waals surface area (Å²) in [6, 6.07) is 7.52. The lowest BCUT2D eigenvalue weighted by atomic mass is 10.1. The number of aromatic nitrogens is 3. The molecule has 10 heteroatoms. The Bertz CT molecular complexity index is 1210. The van der Waals surface area contributed by atoms with Gasteiger partial charge in [-0.3, -0.25) is 0 Å². The molecule has 3 heterocycles. The van der Waals surface area contributed by atoms with Crippen molar-refractivity contribution in [2.45, 2.75) is 33.3 Å². The second-order valence-electron chi connectivity index (χ2n) is 9.16. The van der Waals surface area contributed by atoms with Crippen LogP contribution < -0.4 is 14.4 Å². The van der Waals surface area contributed by atoms with Gasteiger partial charge in [0.05, 0.1) is 31.3 Å². The molecule has 4 rings (SSSR count). The monoisotopic (exact) mass is 487 g/mol. The third-order valence-electron chi connectivity index (χ3n) is 5.64. The zero-order chi connectivity index (χ0) is 24.6. The number of amides is 1. The van der Waals surface area contributed by atoms with Crippen molar-refractivity contribution in [3.05, 3.63) is 35.1 Å². The van der Waals surface area contributed by atoms with Crippen molar-refractivity contribution in [1.82, 2.24) is 19.5 Å². The van der Waals surface area contributed by atoms with E-state index in [0.717, 1.165) is 22.6 Å². The van der Waals surface area contributed by atoms with Crippen molar-refractivity contribution in [2.24, 2.45) is 0 Å². The first-order chi connectivity index (χ1) is 16.1. The van der Waals surface area contributed by atoms with Crippen molar-refractivity contribution in [3.8, 4) is 22.8 Å². The fourth-order valence-corrected chi connectivity index (χ4v) is 4.27. The Morgan fingerprint density at radius 2 is 1.71 bits per heavy atom. The van der Waals surface area contributed by atoms with Crippen molar-refractivity contribution < 1.29 is 19.0 Å². The molecular weight excluding hydrogens is 458 g/mol.